The van der Waals surface area contributed by atoms with Crippen molar-refractivity contribution in [2.75, 3.05) is 0 Å². The first-order chi connectivity index (χ1) is 12.4. The van der Waals surface area contributed by atoms with Crippen LogP contribution in [0.2, 0.25) is 6.55 Å². The fourth-order valence-corrected chi connectivity index (χ4v) is 6.21. The summed E-state index contributed by atoms with van der Waals surface area (Å²) in [5.41, 5.74) is 12.9. The second-order valence-corrected chi connectivity index (χ2v) is 12.0. The van der Waals surface area contributed by atoms with Crippen LogP contribution in [0.25, 0.3) is 17.2 Å². The molecular weight excluding hydrogens is 340 g/mol. The second kappa shape index (κ2) is 6.78. The van der Waals surface area contributed by atoms with Crippen LogP contribution in [-0.4, -0.2) is 9.52 Å². The Morgan fingerprint density at radius 3 is 1.93 bits per heavy atom. The maximum Gasteiger partial charge on any atom is 0.0308 e. The summed E-state index contributed by atoms with van der Waals surface area (Å²) in [6.07, 6.45) is 2.48. The monoisotopic (exact) mass is 376 g/mol. The summed E-state index contributed by atoms with van der Waals surface area (Å²) in [6.45, 7) is 21.0. The molecule has 27 heavy (non-hydrogen) atoms. The SMILES string of the molecule is C[SiH2]C1C(C)=Cc2c1cc(C(C)(C)C)c(C)c2-c1ccc(C(C)(C)C)cc1. The Morgan fingerprint density at radius 1 is 0.852 bits per heavy atom. The standard InChI is InChI=1S/C26H36Si/c1-16-14-20-21(24(16)27-9)15-22(26(6,7)8)17(2)23(20)18-10-12-19(13-11-18)25(3,4)5/h10-15,24H,27H2,1-9H3. The quantitative estimate of drug-likeness (QED) is 0.498. The molecule has 0 radical (unpaired) electrons. The van der Waals surface area contributed by atoms with Gasteiger partial charge in [0.2, 0.25) is 0 Å². The second-order valence-electron chi connectivity index (χ2n) is 10.4. The molecule has 1 heteroatoms. The average Bonchev–Trinajstić information content (AvgIpc) is 2.87. The van der Waals surface area contributed by atoms with Gasteiger partial charge in [0, 0.05) is 9.52 Å². The third-order valence-electron chi connectivity index (χ3n) is 6.21. The summed E-state index contributed by atoms with van der Waals surface area (Å²) in [6, 6.07) is 11.9. The van der Waals surface area contributed by atoms with Crippen molar-refractivity contribution in [3.8, 4) is 11.1 Å². The van der Waals surface area contributed by atoms with E-state index in [9.17, 15) is 0 Å². The van der Waals surface area contributed by atoms with Gasteiger partial charge in [0.25, 0.3) is 0 Å². The van der Waals surface area contributed by atoms with Gasteiger partial charge in [-0.15, -0.1) is 0 Å². The van der Waals surface area contributed by atoms with Gasteiger partial charge >= 0.3 is 0 Å². The zero-order chi connectivity index (χ0) is 20.1. The van der Waals surface area contributed by atoms with Crippen molar-refractivity contribution in [3.63, 3.8) is 0 Å². The molecule has 0 N–H and O–H groups in total. The number of rotatable bonds is 2. The smallest absolute Gasteiger partial charge is 0.0308 e. The van der Waals surface area contributed by atoms with Crippen molar-refractivity contribution in [1.82, 2.24) is 0 Å². The van der Waals surface area contributed by atoms with Crippen molar-refractivity contribution in [2.45, 2.75) is 78.3 Å². The molecule has 0 bridgehead atoms. The van der Waals surface area contributed by atoms with Gasteiger partial charge in [-0.05, 0) is 69.2 Å². The molecular formula is C26H36Si. The first-order valence-electron chi connectivity index (χ1n) is 10.4. The minimum atomic E-state index is -0.127. The Balaban J connectivity index is 2.28. The Bertz CT molecular complexity index is 884. The first-order valence-corrected chi connectivity index (χ1v) is 12.6. The van der Waals surface area contributed by atoms with E-state index < -0.39 is 0 Å². The maximum absolute atomic E-state index is 2.53. The molecule has 2 aromatic carbocycles. The number of fused-ring (bicyclic) bond motifs is 1. The molecule has 0 aliphatic heterocycles. The highest BCUT2D eigenvalue weighted by Crippen LogP contribution is 2.45. The van der Waals surface area contributed by atoms with Gasteiger partial charge in [0.15, 0.2) is 0 Å². The Morgan fingerprint density at radius 2 is 1.44 bits per heavy atom. The molecule has 1 unspecified atom stereocenters. The average molecular weight is 377 g/mol. The Labute approximate surface area is 168 Å². The van der Waals surface area contributed by atoms with Crippen LogP contribution in [0.4, 0.5) is 0 Å². The van der Waals surface area contributed by atoms with Crippen LogP contribution in [-0.2, 0) is 10.8 Å². The number of hydrogen-bond acceptors (Lipinski definition) is 0. The molecule has 0 amide bonds. The molecule has 1 aliphatic carbocycles. The van der Waals surface area contributed by atoms with Gasteiger partial charge in [0.1, 0.15) is 0 Å². The fourth-order valence-electron chi connectivity index (χ4n) is 4.67. The van der Waals surface area contributed by atoms with Gasteiger partial charge < -0.3 is 0 Å². The molecule has 1 atom stereocenters. The van der Waals surface area contributed by atoms with Crippen LogP contribution in [0, 0.1) is 6.92 Å². The lowest BCUT2D eigenvalue weighted by molar-refractivity contribution is 0.585. The van der Waals surface area contributed by atoms with E-state index in [1.165, 1.54) is 33.4 Å². The summed E-state index contributed by atoms with van der Waals surface area (Å²) in [4.78, 5) is 0. The van der Waals surface area contributed by atoms with Gasteiger partial charge in [0.05, 0.1) is 0 Å². The number of hydrogen-bond donors (Lipinski definition) is 0. The van der Waals surface area contributed by atoms with E-state index in [0.717, 1.165) is 0 Å². The summed E-state index contributed by atoms with van der Waals surface area (Å²) in [5.74, 6) is 0. The normalized spacial score (nSPS) is 17.5. The van der Waals surface area contributed by atoms with Crippen molar-refractivity contribution in [1.29, 1.82) is 0 Å². The molecule has 0 saturated heterocycles. The molecule has 0 heterocycles. The lowest BCUT2D eigenvalue weighted by Gasteiger charge is -2.27. The van der Waals surface area contributed by atoms with Crippen LogP contribution in [0.5, 0.6) is 0 Å². The van der Waals surface area contributed by atoms with Crippen LogP contribution in [0.15, 0.2) is 35.9 Å². The number of allylic oxidation sites excluding steroid dienone is 1. The third kappa shape index (κ3) is 3.59. The van der Waals surface area contributed by atoms with E-state index in [2.05, 4.69) is 98.3 Å². The van der Waals surface area contributed by atoms with Gasteiger partial charge in [-0.25, -0.2) is 0 Å². The molecule has 2 aromatic rings. The fraction of sp³-hybridized carbons (Fsp3) is 0.462. The van der Waals surface area contributed by atoms with E-state index >= 15 is 0 Å². The van der Waals surface area contributed by atoms with Crippen molar-refractivity contribution in [2.24, 2.45) is 0 Å². The minimum absolute atomic E-state index is 0.127. The predicted octanol–water partition coefficient (Wildman–Crippen LogP) is 6.93. The van der Waals surface area contributed by atoms with Crippen LogP contribution < -0.4 is 0 Å². The lowest BCUT2D eigenvalue weighted by Crippen LogP contribution is -2.16. The predicted molar refractivity (Wildman–Crippen MR) is 125 cm³/mol. The van der Waals surface area contributed by atoms with E-state index in [0.29, 0.717) is 5.54 Å². The molecule has 144 valence electrons. The Hall–Kier alpha value is -1.60. The zero-order valence-corrected chi connectivity index (χ0v) is 20.2. The van der Waals surface area contributed by atoms with Crippen LogP contribution in [0.1, 0.15) is 81.8 Å². The molecule has 3 rings (SSSR count). The van der Waals surface area contributed by atoms with Crippen LogP contribution >= 0.6 is 0 Å². The summed E-state index contributed by atoms with van der Waals surface area (Å²) in [5, 5.41) is 0. The Kier molecular flexibility index (Phi) is 5.05. The van der Waals surface area contributed by atoms with E-state index in [4.69, 9.17) is 0 Å². The first kappa shape index (κ1) is 20.1. The molecule has 0 spiro atoms. The highest BCUT2D eigenvalue weighted by molar-refractivity contribution is 6.38. The molecule has 0 aromatic heterocycles. The summed E-state index contributed by atoms with van der Waals surface area (Å²) >= 11 is 0. The van der Waals surface area contributed by atoms with Gasteiger partial charge in [-0.2, -0.15) is 0 Å². The highest BCUT2D eigenvalue weighted by atomic mass is 28.2. The largest absolute Gasteiger partial charge is 0.0740 e. The molecule has 0 saturated carbocycles. The summed E-state index contributed by atoms with van der Waals surface area (Å²) < 4.78 is 0. The third-order valence-corrected chi connectivity index (χ3v) is 8.11. The van der Waals surface area contributed by atoms with E-state index in [1.807, 2.05) is 0 Å². The summed E-state index contributed by atoms with van der Waals surface area (Å²) in [7, 11) is -0.127. The lowest BCUT2D eigenvalue weighted by atomic mass is 9.78. The number of benzene rings is 2. The zero-order valence-electron chi connectivity index (χ0n) is 18.7. The molecule has 0 nitrogen and oxygen atoms in total. The van der Waals surface area contributed by atoms with E-state index in [1.54, 1.807) is 11.1 Å². The highest BCUT2D eigenvalue weighted by Gasteiger charge is 2.29. The topological polar surface area (TPSA) is 0 Å². The van der Waals surface area contributed by atoms with Crippen LogP contribution in [0.3, 0.4) is 0 Å². The van der Waals surface area contributed by atoms with Gasteiger partial charge in [-0.3, -0.25) is 0 Å². The maximum atomic E-state index is 2.53. The molecule has 1 aliphatic rings. The van der Waals surface area contributed by atoms with Crippen molar-refractivity contribution < 1.29 is 0 Å². The van der Waals surface area contributed by atoms with Crippen molar-refractivity contribution >= 4 is 15.6 Å². The minimum Gasteiger partial charge on any atom is -0.0740 e. The molecule has 0 fully saturated rings. The van der Waals surface area contributed by atoms with Crippen molar-refractivity contribution in [3.05, 3.63) is 63.7 Å². The van der Waals surface area contributed by atoms with Gasteiger partial charge in [-0.1, -0.05) is 90.1 Å². The van der Waals surface area contributed by atoms with E-state index in [-0.39, 0.29) is 20.3 Å².